The van der Waals surface area contributed by atoms with E-state index in [0.717, 1.165) is 129 Å². The highest BCUT2D eigenvalue weighted by Gasteiger charge is 2.48. The number of carbonyl (C=O) groups is 12. The molecule has 3 saturated carbocycles. The molecule has 6 aliphatic heterocycles. The van der Waals surface area contributed by atoms with E-state index in [1.807, 2.05) is 79.9 Å². The molecule has 0 aromatic carbocycles. The number of nitrogens with one attached hydrogen (secondary N) is 6. The van der Waals surface area contributed by atoms with Crippen LogP contribution in [0.15, 0.2) is 0 Å². The molecule has 32 nitrogen and oxygen atoms in total. The zero-order chi connectivity index (χ0) is 91.9. The second-order valence-corrected chi connectivity index (χ2v) is 37.4. The van der Waals surface area contributed by atoms with Crippen LogP contribution in [0.2, 0.25) is 0 Å². The van der Waals surface area contributed by atoms with E-state index in [-0.39, 0.29) is 108 Å². The summed E-state index contributed by atoms with van der Waals surface area (Å²) in [5.41, 5.74) is 0. The Hall–Kier alpha value is -7.71. The first-order valence-corrected chi connectivity index (χ1v) is 45.1. The number of ether oxygens (including phenoxy) is 8. The summed E-state index contributed by atoms with van der Waals surface area (Å²) in [6, 6.07) is -1.96. The van der Waals surface area contributed by atoms with Crippen LogP contribution in [0.25, 0.3) is 0 Å². The van der Waals surface area contributed by atoms with Gasteiger partial charge in [0, 0.05) is 89.6 Å². The molecule has 9 rings (SSSR count). The molecule has 0 aromatic rings. The minimum absolute atomic E-state index is 0.00833. The van der Waals surface area contributed by atoms with Crippen molar-refractivity contribution in [2.24, 2.45) is 71.0 Å². The Balaban J connectivity index is 0.000000307. The second-order valence-electron chi connectivity index (χ2n) is 37.4. The number of methoxy groups -OCH3 is 8. The predicted octanol–water partition coefficient (Wildman–Crippen LogP) is 11.7. The van der Waals surface area contributed by atoms with Gasteiger partial charge < -0.3 is 99.2 Å². The number of hydrogen-bond donors (Lipinski definition) is 6. The van der Waals surface area contributed by atoms with Crippen LogP contribution in [0.4, 0.5) is 33.2 Å². The van der Waals surface area contributed by atoms with Crippen LogP contribution in [0.3, 0.4) is 0 Å². The molecule has 0 spiro atoms. The Morgan fingerprint density at radius 2 is 0.508 bits per heavy atom. The molecule has 9 fully saturated rings. The molecule has 0 unspecified atom stereocenters. The van der Waals surface area contributed by atoms with Gasteiger partial charge in [-0.1, -0.05) is 144 Å². The Kier molecular flexibility index (Phi) is 45.7. The lowest BCUT2D eigenvalue weighted by molar-refractivity contribution is -0.137. The quantitative estimate of drug-likeness (QED) is 0.0438. The first kappa shape index (κ1) is 107. The minimum Gasteiger partial charge on any atom is -0.453 e. The van der Waals surface area contributed by atoms with Crippen molar-refractivity contribution in [3.8, 4) is 0 Å². The summed E-state index contributed by atoms with van der Waals surface area (Å²) in [5, 5.41) is 16.1. The van der Waals surface area contributed by atoms with Crippen molar-refractivity contribution in [3.05, 3.63) is 0 Å². The Labute approximate surface area is 728 Å². The molecule has 15 atom stereocenters. The number of likely N-dealkylation sites (tertiary alicyclic amines) is 6. The van der Waals surface area contributed by atoms with Gasteiger partial charge in [0.1, 0.15) is 42.4 Å². The van der Waals surface area contributed by atoms with Gasteiger partial charge in [-0.25, -0.2) is 33.2 Å². The van der Waals surface area contributed by atoms with E-state index in [4.69, 9.17) is 14.2 Å². The van der Waals surface area contributed by atoms with E-state index in [9.17, 15) is 61.9 Å². The average molecular weight is 1740 g/mol. The van der Waals surface area contributed by atoms with Crippen LogP contribution in [0.5, 0.6) is 0 Å². The number of amides is 12. The van der Waals surface area contributed by atoms with Crippen molar-refractivity contribution in [3.63, 3.8) is 0 Å². The standard InChI is InChI=1S/C16H28N2O3.2C15H28N2O4.C15H26N2O3.C14H25FN2O3.C14H24N2O3/c1-11(2)13-9-6-10-18(13)15(19)14(17-16(20)21-3)12-7-4-5-8-12;2*1-9(2)12-7-11(20-5)8-17(12)14(18)13(10(3)4)16-15(19)21-6;1-10(2)12-8-5-9-17(12)14(18)13(11-6-4-7-11)16-15(19)20-3;1-8(2)11-6-10(15)7-17(11)13(18)12(9(3)4)16-14(19)20-5;1-9(2)11-5-4-8-16(11)13(17)12(10-6-7-10)15-14(18)19-3/h11-14H,4-10H2,1-3H3,(H,17,20);2*9-13H,7-8H2,1-6H3,(H,16,19);10-13H,4-9H2,1-3H3,(H,16,19);8-12H,6-7H2,1-5H3,(H,16,19);9-12H,4-8H2,1-3H3,(H,15,18)/t13-,14-;11-,12+,13+;11-,12-,13-;12-,13-;10-,11-,12-;11-,12-/m010000/s1. The summed E-state index contributed by atoms with van der Waals surface area (Å²) in [4.78, 5) is 157. The molecular weight excluding hydrogens is 1580 g/mol. The monoisotopic (exact) mass is 1740 g/mol. The Bertz CT molecular complexity index is 3210. The van der Waals surface area contributed by atoms with Gasteiger partial charge in [-0.05, 0) is 161 Å². The van der Waals surface area contributed by atoms with Crippen molar-refractivity contribution in [1.82, 2.24) is 61.3 Å². The summed E-state index contributed by atoms with van der Waals surface area (Å²) in [5.74, 6) is 2.86. The lowest BCUT2D eigenvalue weighted by Gasteiger charge is -2.37. The minimum atomic E-state index is -0.989. The van der Waals surface area contributed by atoms with Gasteiger partial charge in [-0.15, -0.1) is 0 Å². The molecular formula is C89H159FN12O20. The van der Waals surface area contributed by atoms with Crippen LogP contribution >= 0.6 is 0 Å². The van der Waals surface area contributed by atoms with Gasteiger partial charge in [0.25, 0.3) is 0 Å². The number of halogens is 1. The predicted molar refractivity (Wildman–Crippen MR) is 463 cm³/mol. The van der Waals surface area contributed by atoms with Crippen LogP contribution in [-0.4, -0.2) is 288 Å². The van der Waals surface area contributed by atoms with E-state index < -0.39 is 79.0 Å². The van der Waals surface area contributed by atoms with E-state index in [1.54, 1.807) is 19.1 Å². The Morgan fingerprint density at radius 3 is 0.730 bits per heavy atom. The van der Waals surface area contributed by atoms with Crippen LogP contribution in [-0.2, 0) is 66.7 Å². The maximum Gasteiger partial charge on any atom is 0.407 e. The van der Waals surface area contributed by atoms with Gasteiger partial charge in [-0.3, -0.25) is 28.8 Å². The van der Waals surface area contributed by atoms with Crippen molar-refractivity contribution < 1.29 is 99.8 Å². The summed E-state index contributed by atoms with van der Waals surface area (Å²) in [7, 11) is 11.2. The fourth-order valence-corrected chi connectivity index (χ4v) is 18.1. The SMILES string of the molecule is COC(=O)N[C@H](C(=O)N1CCC[C@H]1C(C)C)C1CC1.COC(=O)N[C@H](C(=O)N1CCC[C@H]1C(C)C)C1CCC1.COC(=O)N[C@H](C(=O)N1CCC[C@H]1C(C)C)C1CCCC1.COC(=O)N[C@H](C(=O)N1C[C@@H](F)C[C@H]1C(C)C)C(C)C.COC(=O)N[C@H](C(=O)N1C[C@@H](OC)C[C@H]1C(C)C)C(C)C.COC(=O)N[C@H](C(=O)N1C[C@H](OC)C[C@H]1C(C)C)C(C)C. The van der Waals surface area contributed by atoms with Gasteiger partial charge in [-0.2, -0.15) is 0 Å². The molecule has 6 saturated heterocycles. The van der Waals surface area contributed by atoms with Crippen LogP contribution in [0, 0.1) is 71.0 Å². The summed E-state index contributed by atoms with van der Waals surface area (Å²) in [6.45, 7) is 40.3. The highest BCUT2D eigenvalue weighted by Crippen LogP contribution is 2.38. The summed E-state index contributed by atoms with van der Waals surface area (Å²) < 4.78 is 52.2. The molecule has 9 aliphatic rings. The maximum atomic E-state index is 13.6. The second kappa shape index (κ2) is 52.3. The topological polar surface area (TPSA) is 370 Å². The summed E-state index contributed by atoms with van der Waals surface area (Å²) in [6.07, 6.45) is 13.8. The highest BCUT2D eigenvalue weighted by molar-refractivity contribution is 5.90. The molecule has 6 heterocycles. The van der Waals surface area contributed by atoms with Crippen LogP contribution < -0.4 is 31.9 Å². The number of alkyl carbamates (subject to hydrolysis) is 6. The fraction of sp³-hybridized carbons (Fsp3) is 0.865. The van der Waals surface area contributed by atoms with Crippen molar-refractivity contribution in [2.75, 3.05) is 96.1 Å². The van der Waals surface area contributed by atoms with Crippen LogP contribution in [0.1, 0.15) is 240 Å². The molecule has 122 heavy (non-hydrogen) atoms. The van der Waals surface area contributed by atoms with Gasteiger partial charge in [0.2, 0.25) is 35.4 Å². The number of hydrogen-bond acceptors (Lipinski definition) is 20. The van der Waals surface area contributed by atoms with Gasteiger partial charge >= 0.3 is 36.6 Å². The van der Waals surface area contributed by atoms with Crippen molar-refractivity contribution >= 4 is 72.0 Å². The zero-order valence-electron chi connectivity index (χ0n) is 78.8. The maximum absolute atomic E-state index is 13.6. The normalized spacial score (nSPS) is 24.0. The lowest BCUT2D eigenvalue weighted by Crippen LogP contribution is -2.55. The Morgan fingerprint density at radius 1 is 0.270 bits per heavy atom. The third-order valence-electron chi connectivity index (χ3n) is 25.7. The number of rotatable bonds is 26. The fourth-order valence-electron chi connectivity index (χ4n) is 18.1. The molecule has 33 heteroatoms. The number of carbonyl (C=O) groups excluding carboxylic acids is 12. The highest BCUT2D eigenvalue weighted by atomic mass is 19.1. The van der Waals surface area contributed by atoms with E-state index in [1.165, 1.54) is 42.7 Å². The molecule has 0 bridgehead atoms. The first-order chi connectivity index (χ1) is 57.5. The molecule has 12 amide bonds. The number of alkyl halides is 1. The molecule has 702 valence electrons. The molecule has 6 N–H and O–H groups in total. The van der Waals surface area contributed by atoms with Gasteiger partial charge in [0.15, 0.2) is 0 Å². The summed E-state index contributed by atoms with van der Waals surface area (Å²) >= 11 is 0. The van der Waals surface area contributed by atoms with Crippen molar-refractivity contribution in [2.45, 2.75) is 331 Å². The number of nitrogens with zero attached hydrogens (tertiary/aromatic N) is 6. The average Bonchev–Trinajstić information content (AvgIpc) is 1.68. The van der Waals surface area contributed by atoms with Crippen molar-refractivity contribution in [1.29, 1.82) is 0 Å². The lowest BCUT2D eigenvalue weighted by atomic mass is 9.79. The van der Waals surface area contributed by atoms with E-state index >= 15 is 0 Å². The van der Waals surface area contributed by atoms with Gasteiger partial charge in [0.05, 0.1) is 61.4 Å². The largest absolute Gasteiger partial charge is 0.453 e. The van der Waals surface area contributed by atoms with E-state index in [0.29, 0.717) is 73.1 Å². The molecule has 0 radical (unpaired) electrons. The third kappa shape index (κ3) is 31.4. The first-order valence-electron chi connectivity index (χ1n) is 45.1. The zero-order valence-corrected chi connectivity index (χ0v) is 78.8. The molecule has 0 aromatic heterocycles. The third-order valence-corrected chi connectivity index (χ3v) is 25.7. The smallest absolute Gasteiger partial charge is 0.407 e. The van der Waals surface area contributed by atoms with E-state index in [2.05, 4.69) is 125 Å². The molecule has 3 aliphatic carbocycles.